The summed E-state index contributed by atoms with van der Waals surface area (Å²) in [7, 11) is 0. The number of nitrogens with zero attached hydrogens (tertiary/aromatic N) is 1. The summed E-state index contributed by atoms with van der Waals surface area (Å²) < 4.78 is 0. The van der Waals surface area contributed by atoms with Crippen LogP contribution in [0.15, 0.2) is 29.2 Å². The van der Waals surface area contributed by atoms with Crippen molar-refractivity contribution in [2.75, 3.05) is 31.9 Å². The quantitative estimate of drug-likeness (QED) is 0.583. The number of primary amides is 1. The van der Waals surface area contributed by atoms with Crippen LogP contribution in [-0.4, -0.2) is 48.6 Å². The Morgan fingerprint density at radius 1 is 1.35 bits per heavy atom. The highest BCUT2D eigenvalue weighted by atomic mass is 32.2. The average Bonchev–Trinajstić information content (AvgIpc) is 2.53. The maximum Gasteiger partial charge on any atom is 0.234 e. The van der Waals surface area contributed by atoms with E-state index in [1.165, 1.54) is 10.5 Å². The van der Waals surface area contributed by atoms with Gasteiger partial charge in [0, 0.05) is 23.7 Å². The third-order valence-corrected chi connectivity index (χ3v) is 5.00. The van der Waals surface area contributed by atoms with Crippen LogP contribution >= 0.6 is 11.8 Å². The molecule has 0 radical (unpaired) electrons. The van der Waals surface area contributed by atoms with Crippen molar-refractivity contribution in [3.8, 4) is 0 Å². The highest BCUT2D eigenvalue weighted by Crippen LogP contribution is 2.17. The summed E-state index contributed by atoms with van der Waals surface area (Å²) in [5.74, 6) is 0.483. The Morgan fingerprint density at radius 2 is 2.09 bits per heavy atom. The second kappa shape index (κ2) is 8.93. The number of likely N-dealkylation sites (tertiary alicyclic amines) is 1. The molecule has 23 heavy (non-hydrogen) atoms. The minimum absolute atomic E-state index is 0.0135. The lowest BCUT2D eigenvalue weighted by molar-refractivity contribution is -0.126. The van der Waals surface area contributed by atoms with Crippen LogP contribution in [0.3, 0.4) is 0 Å². The van der Waals surface area contributed by atoms with Gasteiger partial charge in [-0.1, -0.05) is 17.7 Å². The van der Waals surface area contributed by atoms with E-state index < -0.39 is 0 Å². The van der Waals surface area contributed by atoms with Crippen molar-refractivity contribution in [2.45, 2.75) is 24.7 Å². The van der Waals surface area contributed by atoms with Gasteiger partial charge in [0.05, 0.1) is 12.5 Å². The lowest BCUT2D eigenvalue weighted by Crippen LogP contribution is -2.45. The number of nitrogens with two attached hydrogens (primary N) is 1. The van der Waals surface area contributed by atoms with Crippen molar-refractivity contribution in [1.29, 1.82) is 0 Å². The summed E-state index contributed by atoms with van der Waals surface area (Å²) >= 11 is 1.73. The number of piperidine rings is 1. The van der Waals surface area contributed by atoms with Crippen LogP contribution < -0.4 is 11.1 Å². The van der Waals surface area contributed by atoms with E-state index >= 15 is 0 Å². The molecule has 5 nitrogen and oxygen atoms in total. The first-order valence-electron chi connectivity index (χ1n) is 8.02. The third kappa shape index (κ3) is 6.23. The van der Waals surface area contributed by atoms with Gasteiger partial charge in [-0.25, -0.2) is 0 Å². The Bertz CT molecular complexity index is 533. The molecule has 1 aliphatic rings. The monoisotopic (exact) mass is 335 g/mol. The Kier molecular flexibility index (Phi) is 6.92. The van der Waals surface area contributed by atoms with Crippen molar-refractivity contribution >= 4 is 23.6 Å². The van der Waals surface area contributed by atoms with Gasteiger partial charge in [0.15, 0.2) is 0 Å². The lowest BCUT2D eigenvalue weighted by Gasteiger charge is -2.30. The van der Waals surface area contributed by atoms with E-state index in [1.807, 2.05) is 4.90 Å². The molecule has 1 atom stereocenters. The molecule has 0 bridgehead atoms. The first-order valence-corrected chi connectivity index (χ1v) is 9.01. The van der Waals surface area contributed by atoms with Crippen LogP contribution in [0.1, 0.15) is 18.4 Å². The van der Waals surface area contributed by atoms with Crippen LogP contribution in [0.2, 0.25) is 0 Å². The number of rotatable bonds is 7. The molecular formula is C17H25N3O2S. The molecule has 0 aliphatic carbocycles. The molecule has 0 saturated carbocycles. The normalized spacial score (nSPS) is 18.6. The molecule has 1 saturated heterocycles. The Balaban J connectivity index is 1.63. The number of hydrogen-bond acceptors (Lipinski definition) is 4. The van der Waals surface area contributed by atoms with Gasteiger partial charge in [0.25, 0.3) is 0 Å². The summed E-state index contributed by atoms with van der Waals surface area (Å²) in [5, 5.41) is 2.94. The Labute approximate surface area is 142 Å². The Morgan fingerprint density at radius 3 is 2.78 bits per heavy atom. The number of nitrogens with one attached hydrogen (secondary N) is 1. The van der Waals surface area contributed by atoms with E-state index in [2.05, 4.69) is 36.5 Å². The van der Waals surface area contributed by atoms with Crippen molar-refractivity contribution in [1.82, 2.24) is 10.2 Å². The maximum atomic E-state index is 12.0. The smallest absolute Gasteiger partial charge is 0.234 e. The number of amides is 2. The van der Waals surface area contributed by atoms with Crippen molar-refractivity contribution < 1.29 is 9.59 Å². The van der Waals surface area contributed by atoms with Crippen molar-refractivity contribution in [3.05, 3.63) is 29.8 Å². The zero-order valence-electron chi connectivity index (χ0n) is 13.6. The van der Waals surface area contributed by atoms with E-state index in [1.54, 1.807) is 11.8 Å². The number of thioether (sulfide) groups is 1. The number of aryl methyl sites for hydroxylation is 1. The van der Waals surface area contributed by atoms with Gasteiger partial charge in [0.2, 0.25) is 11.8 Å². The molecule has 1 aromatic rings. The second-order valence-electron chi connectivity index (χ2n) is 5.99. The summed E-state index contributed by atoms with van der Waals surface area (Å²) in [4.78, 5) is 26.4. The van der Waals surface area contributed by atoms with Crippen molar-refractivity contribution in [2.24, 2.45) is 11.7 Å². The van der Waals surface area contributed by atoms with Crippen LogP contribution in [0, 0.1) is 12.8 Å². The van der Waals surface area contributed by atoms with Crippen LogP contribution in [-0.2, 0) is 9.59 Å². The molecule has 2 amide bonds. The van der Waals surface area contributed by atoms with Gasteiger partial charge in [-0.15, -0.1) is 11.8 Å². The number of hydrogen-bond donors (Lipinski definition) is 2. The van der Waals surface area contributed by atoms with Gasteiger partial charge < -0.3 is 11.1 Å². The highest BCUT2D eigenvalue weighted by Gasteiger charge is 2.24. The van der Waals surface area contributed by atoms with E-state index in [4.69, 9.17) is 5.73 Å². The van der Waals surface area contributed by atoms with E-state index in [9.17, 15) is 9.59 Å². The minimum atomic E-state index is -0.260. The summed E-state index contributed by atoms with van der Waals surface area (Å²) in [6.07, 6.45) is 1.75. The molecule has 2 rings (SSSR count). The van der Waals surface area contributed by atoms with Crippen molar-refractivity contribution in [3.63, 3.8) is 0 Å². The largest absolute Gasteiger partial charge is 0.369 e. The van der Waals surface area contributed by atoms with E-state index in [0.717, 1.165) is 25.1 Å². The molecule has 0 spiro atoms. The molecular weight excluding hydrogens is 310 g/mol. The van der Waals surface area contributed by atoms with E-state index in [0.29, 0.717) is 19.6 Å². The molecule has 1 fully saturated rings. The van der Waals surface area contributed by atoms with Gasteiger partial charge in [-0.2, -0.15) is 0 Å². The highest BCUT2D eigenvalue weighted by molar-refractivity contribution is 7.99. The molecule has 1 aromatic carbocycles. The zero-order valence-corrected chi connectivity index (χ0v) is 14.4. The first-order chi connectivity index (χ1) is 11.0. The summed E-state index contributed by atoms with van der Waals surface area (Å²) in [6.45, 7) is 4.51. The fourth-order valence-electron chi connectivity index (χ4n) is 2.68. The zero-order chi connectivity index (χ0) is 16.7. The molecule has 1 heterocycles. The predicted molar refractivity (Wildman–Crippen MR) is 93.3 cm³/mol. The van der Waals surface area contributed by atoms with Gasteiger partial charge in [-0.05, 0) is 38.4 Å². The predicted octanol–water partition coefficient (Wildman–Crippen LogP) is 1.40. The number of benzene rings is 1. The van der Waals surface area contributed by atoms with Crippen LogP contribution in [0.4, 0.5) is 0 Å². The lowest BCUT2D eigenvalue weighted by atomic mass is 9.97. The van der Waals surface area contributed by atoms with Gasteiger partial charge in [-0.3, -0.25) is 14.5 Å². The number of carbonyl (C=O) groups excluding carboxylic acids is 2. The number of carbonyl (C=O) groups is 2. The van der Waals surface area contributed by atoms with Gasteiger partial charge >= 0.3 is 0 Å². The molecule has 0 aromatic heterocycles. The molecule has 126 valence electrons. The summed E-state index contributed by atoms with van der Waals surface area (Å²) in [6, 6.07) is 8.37. The topological polar surface area (TPSA) is 75.4 Å². The average molecular weight is 335 g/mol. The fraction of sp³-hybridized carbons (Fsp3) is 0.529. The van der Waals surface area contributed by atoms with E-state index in [-0.39, 0.29) is 17.7 Å². The minimum Gasteiger partial charge on any atom is -0.369 e. The second-order valence-corrected chi connectivity index (χ2v) is 7.16. The standard InChI is InChI=1S/C17H25N3O2S/c1-13-4-6-15(7-5-13)23-10-8-19-16(21)12-20-9-2-3-14(11-20)17(18)22/h4-7,14H,2-3,8-12H2,1H3,(H2,18,22)(H,19,21)/t14-/m0/s1. The van der Waals surface area contributed by atoms with Crippen LogP contribution in [0.5, 0.6) is 0 Å². The van der Waals surface area contributed by atoms with Crippen LogP contribution in [0.25, 0.3) is 0 Å². The SMILES string of the molecule is Cc1ccc(SCCNC(=O)CN2CCC[C@H](C(N)=O)C2)cc1. The molecule has 3 N–H and O–H groups in total. The maximum absolute atomic E-state index is 12.0. The molecule has 6 heteroatoms. The Hall–Kier alpha value is -1.53. The molecule has 1 aliphatic heterocycles. The fourth-order valence-corrected chi connectivity index (χ4v) is 3.45. The third-order valence-electron chi connectivity index (χ3n) is 3.99. The molecule has 0 unspecified atom stereocenters. The first kappa shape index (κ1) is 17.8. The van der Waals surface area contributed by atoms with Gasteiger partial charge in [0.1, 0.15) is 0 Å². The summed E-state index contributed by atoms with van der Waals surface area (Å²) in [5.41, 5.74) is 6.60.